The van der Waals surface area contributed by atoms with Crippen molar-refractivity contribution < 1.29 is 13.5 Å². The van der Waals surface area contributed by atoms with Crippen molar-refractivity contribution in [1.29, 1.82) is 0 Å². The second-order valence-corrected chi connectivity index (χ2v) is 10.5. The Hall–Kier alpha value is -2.88. The molecule has 2 aromatic carbocycles. The minimum atomic E-state index is -2.88. The second-order valence-electron chi connectivity index (χ2n) is 9.23. The summed E-state index contributed by atoms with van der Waals surface area (Å²) in [6.45, 7) is 2.30. The van der Waals surface area contributed by atoms with Crippen LogP contribution in [0.15, 0.2) is 58.7 Å². The molecule has 2 bridgehead atoms. The molecular formula is C24H22F2N5OS+. The number of nitrogens with zero attached hydrogens (tertiary/aromatic N) is 4. The van der Waals surface area contributed by atoms with E-state index in [2.05, 4.69) is 28.2 Å². The van der Waals surface area contributed by atoms with Crippen LogP contribution in [0.25, 0.3) is 11.1 Å². The van der Waals surface area contributed by atoms with Gasteiger partial charge in [0.1, 0.15) is 24.6 Å². The predicted molar refractivity (Wildman–Crippen MR) is 125 cm³/mol. The number of benzene rings is 2. The molecule has 1 saturated heterocycles. The predicted octanol–water partition coefficient (Wildman–Crippen LogP) is 4.98. The van der Waals surface area contributed by atoms with E-state index in [1.807, 2.05) is 19.9 Å². The highest BCUT2D eigenvalue weighted by Gasteiger charge is 2.61. The van der Waals surface area contributed by atoms with Crippen LogP contribution >= 0.6 is 11.8 Å². The zero-order valence-electron chi connectivity index (χ0n) is 18.1. The van der Waals surface area contributed by atoms with Crippen molar-refractivity contribution in [2.24, 2.45) is 10.7 Å². The minimum Gasteiger partial charge on any atom is -0.428 e. The smallest absolute Gasteiger partial charge is 0.387 e. The maximum atomic E-state index is 13.1. The van der Waals surface area contributed by atoms with E-state index in [1.54, 1.807) is 36.3 Å². The Morgan fingerprint density at radius 2 is 1.94 bits per heavy atom. The number of hydrogen-bond donors (Lipinski definition) is 1. The lowest BCUT2D eigenvalue weighted by molar-refractivity contribution is -0.0502. The SMILES string of the molecule is CC(C)(N)c1ncc(-c2ccc3c(c2)C[N@+]24C[C@@H](S3)C2=Nc2cccc(OC(F)F)c24)cn1. The van der Waals surface area contributed by atoms with E-state index in [1.165, 1.54) is 4.90 Å². The fraction of sp³-hybridized carbons (Fsp3) is 0.292. The number of fused-ring (bicyclic) bond motifs is 4. The van der Waals surface area contributed by atoms with Crippen molar-refractivity contribution in [2.75, 3.05) is 6.54 Å². The van der Waals surface area contributed by atoms with Gasteiger partial charge in [0.25, 0.3) is 0 Å². The third kappa shape index (κ3) is 3.18. The summed E-state index contributed by atoms with van der Waals surface area (Å²) in [5.74, 6) is 1.80. The summed E-state index contributed by atoms with van der Waals surface area (Å²) >= 11 is 1.79. The van der Waals surface area contributed by atoms with Crippen molar-refractivity contribution in [3.8, 4) is 16.9 Å². The van der Waals surface area contributed by atoms with Gasteiger partial charge in [-0.05, 0) is 43.7 Å². The van der Waals surface area contributed by atoms with Crippen LogP contribution in [0.3, 0.4) is 0 Å². The van der Waals surface area contributed by atoms with E-state index in [0.717, 1.165) is 40.4 Å². The van der Waals surface area contributed by atoms with Crippen LogP contribution in [-0.2, 0) is 12.1 Å². The number of aliphatic imine (C=N–C) groups is 1. The molecule has 0 radical (unpaired) electrons. The van der Waals surface area contributed by atoms with E-state index in [-0.39, 0.29) is 11.0 Å². The van der Waals surface area contributed by atoms with Crippen LogP contribution in [-0.4, -0.2) is 34.2 Å². The van der Waals surface area contributed by atoms with Gasteiger partial charge in [-0.3, -0.25) is 0 Å². The number of ether oxygens (including phenoxy) is 1. The lowest BCUT2D eigenvalue weighted by Crippen LogP contribution is -2.68. The van der Waals surface area contributed by atoms with Gasteiger partial charge in [-0.1, -0.05) is 12.1 Å². The molecule has 1 fully saturated rings. The van der Waals surface area contributed by atoms with Crippen molar-refractivity contribution in [2.45, 2.75) is 42.7 Å². The maximum absolute atomic E-state index is 13.1. The highest BCUT2D eigenvalue weighted by atomic mass is 32.2. The van der Waals surface area contributed by atoms with E-state index in [0.29, 0.717) is 16.9 Å². The van der Waals surface area contributed by atoms with Gasteiger partial charge in [0.15, 0.2) is 11.0 Å². The Bertz CT molecular complexity index is 1310. The fourth-order valence-electron chi connectivity index (χ4n) is 4.91. The Morgan fingerprint density at radius 1 is 1.15 bits per heavy atom. The normalized spacial score (nSPS) is 22.6. The Morgan fingerprint density at radius 3 is 2.67 bits per heavy atom. The summed E-state index contributed by atoms with van der Waals surface area (Å²) in [5, 5.41) is 0.221. The molecule has 6 rings (SSSR count). The molecule has 0 amide bonds. The first-order valence-corrected chi connectivity index (χ1v) is 11.6. The van der Waals surface area contributed by atoms with E-state index in [4.69, 9.17) is 15.5 Å². The molecule has 2 N–H and O–H groups in total. The van der Waals surface area contributed by atoms with E-state index >= 15 is 0 Å². The first kappa shape index (κ1) is 20.7. The third-order valence-corrected chi connectivity index (χ3v) is 7.69. The van der Waals surface area contributed by atoms with E-state index in [9.17, 15) is 8.78 Å². The summed E-state index contributed by atoms with van der Waals surface area (Å²) in [6, 6.07) is 11.5. The van der Waals surface area contributed by atoms with Gasteiger partial charge in [-0.2, -0.15) is 13.8 Å². The minimum absolute atomic E-state index is 0.206. The molecule has 4 heterocycles. The zero-order valence-corrected chi connectivity index (χ0v) is 18.9. The highest BCUT2D eigenvalue weighted by molar-refractivity contribution is 8.00. The van der Waals surface area contributed by atoms with Gasteiger partial charge in [-0.15, -0.1) is 11.8 Å². The zero-order chi connectivity index (χ0) is 23.0. The molecule has 2 atom stereocenters. The monoisotopic (exact) mass is 466 g/mol. The standard InChI is InChI=1S/C24H22F2N5OS/c1-24(2,27)22-28-9-15(10-29-22)13-6-7-18-14(8-13)11-31-12-19(33-18)21(31)30-16-4-3-5-17(20(16)31)32-23(25)26/h3-10,19,23H,11-12,27H2,1-2H3/q+1/t19-,31-/m1/s1. The van der Waals surface area contributed by atoms with Gasteiger partial charge in [0, 0.05) is 28.4 Å². The molecule has 0 unspecified atom stereocenters. The van der Waals surface area contributed by atoms with Crippen LogP contribution in [0.2, 0.25) is 0 Å². The largest absolute Gasteiger partial charge is 0.428 e. The molecular weight excluding hydrogens is 444 g/mol. The number of rotatable bonds is 4. The molecule has 0 saturated carbocycles. The molecule has 1 spiro atoms. The quantitative estimate of drug-likeness (QED) is 0.549. The fourth-order valence-corrected chi connectivity index (χ4v) is 6.32. The average Bonchev–Trinajstić information content (AvgIpc) is 2.87. The lowest BCUT2D eigenvalue weighted by atomic mass is 10.00. The van der Waals surface area contributed by atoms with Crippen molar-refractivity contribution in [1.82, 2.24) is 14.5 Å². The summed E-state index contributed by atoms with van der Waals surface area (Å²) in [4.78, 5) is 14.9. The molecule has 33 heavy (non-hydrogen) atoms. The highest BCUT2D eigenvalue weighted by Crippen LogP contribution is 2.57. The first-order valence-electron chi connectivity index (χ1n) is 10.7. The maximum Gasteiger partial charge on any atom is 0.387 e. The molecule has 3 aliphatic heterocycles. The molecule has 3 aromatic rings. The Kier molecular flexibility index (Phi) is 4.43. The number of para-hydroxylation sites is 1. The number of amidine groups is 1. The number of nitrogens with two attached hydrogens (primary N) is 1. The van der Waals surface area contributed by atoms with Crippen LogP contribution in [0.1, 0.15) is 25.2 Å². The number of hydrogen-bond acceptors (Lipinski definition) is 6. The second kappa shape index (κ2) is 7.06. The Labute approximate surface area is 194 Å². The van der Waals surface area contributed by atoms with Crippen molar-refractivity contribution in [3.05, 3.63) is 60.2 Å². The third-order valence-electron chi connectivity index (χ3n) is 6.39. The van der Waals surface area contributed by atoms with Crippen molar-refractivity contribution >= 4 is 29.0 Å². The van der Waals surface area contributed by atoms with Crippen molar-refractivity contribution in [3.63, 3.8) is 0 Å². The number of alkyl halides is 2. The summed E-state index contributed by atoms with van der Waals surface area (Å²) in [5.41, 5.74) is 10.0. The first-order chi connectivity index (χ1) is 15.7. The number of quaternary nitrogens is 1. The molecule has 9 heteroatoms. The lowest BCUT2D eigenvalue weighted by Gasteiger charge is -2.44. The molecule has 0 aliphatic carbocycles. The summed E-state index contributed by atoms with van der Waals surface area (Å²) in [7, 11) is 0. The number of aromatic nitrogens is 2. The van der Waals surface area contributed by atoms with Crippen LogP contribution < -0.4 is 15.0 Å². The summed E-state index contributed by atoms with van der Waals surface area (Å²) < 4.78 is 31.6. The topological polar surface area (TPSA) is 73.4 Å². The Balaban J connectivity index is 1.39. The van der Waals surface area contributed by atoms with E-state index < -0.39 is 12.2 Å². The number of halogens is 2. The molecule has 1 aromatic heterocycles. The van der Waals surface area contributed by atoms with Gasteiger partial charge < -0.3 is 10.5 Å². The molecule has 3 aliphatic rings. The molecule has 6 nitrogen and oxygen atoms in total. The van der Waals surface area contributed by atoms with Gasteiger partial charge in [0.05, 0.1) is 5.54 Å². The van der Waals surface area contributed by atoms with Gasteiger partial charge in [-0.25, -0.2) is 14.5 Å². The van der Waals surface area contributed by atoms with Crippen LogP contribution in [0.5, 0.6) is 5.75 Å². The molecule has 168 valence electrons. The van der Waals surface area contributed by atoms with Gasteiger partial charge in [0.2, 0.25) is 11.5 Å². The van der Waals surface area contributed by atoms with Gasteiger partial charge >= 0.3 is 6.61 Å². The summed E-state index contributed by atoms with van der Waals surface area (Å²) in [6.07, 6.45) is 3.59. The van der Waals surface area contributed by atoms with Crippen LogP contribution in [0.4, 0.5) is 20.2 Å². The number of thioether (sulfide) groups is 1. The van der Waals surface area contributed by atoms with Crippen LogP contribution in [0, 0.1) is 0 Å². The average molecular weight is 467 g/mol.